The van der Waals surface area contributed by atoms with E-state index in [0.29, 0.717) is 24.1 Å². The van der Waals surface area contributed by atoms with Crippen LogP contribution in [0.15, 0.2) is 18.2 Å². The van der Waals surface area contributed by atoms with Crippen molar-refractivity contribution in [2.45, 2.75) is 26.8 Å². The van der Waals surface area contributed by atoms with Crippen LogP contribution in [0.25, 0.3) is 0 Å². The first-order valence-electron chi connectivity index (χ1n) is 6.81. The summed E-state index contributed by atoms with van der Waals surface area (Å²) in [6, 6.07) is 5.83. The molecule has 0 aromatic heterocycles. The molecule has 0 aliphatic heterocycles. The van der Waals surface area contributed by atoms with Gasteiger partial charge < -0.3 is 20.5 Å². The number of hydrogen-bond donors (Lipinski definition) is 2. The van der Waals surface area contributed by atoms with E-state index in [4.69, 9.17) is 27.4 Å². The molecule has 4 nitrogen and oxygen atoms in total. The van der Waals surface area contributed by atoms with E-state index >= 15 is 0 Å². The predicted molar refractivity (Wildman–Crippen MR) is 87.6 cm³/mol. The fraction of sp³-hybridized carbons (Fsp3) is 0.533. The van der Waals surface area contributed by atoms with Gasteiger partial charge in [-0.1, -0.05) is 26.1 Å². The van der Waals surface area contributed by atoms with E-state index in [1.807, 2.05) is 25.1 Å². The maximum atomic E-state index is 5.78. The maximum absolute atomic E-state index is 5.78. The standard InChI is InChI=1S/C15H24N2O2S/c1-5-19-9-14(10(2)3)17-13-8-11(18-4)6-7-12(13)15(16)20/h6-8,10,14,17H,5,9H2,1-4H3,(H2,16,20). The Balaban J connectivity index is 2.99. The van der Waals surface area contributed by atoms with Crippen LogP contribution >= 0.6 is 12.2 Å². The van der Waals surface area contributed by atoms with Gasteiger partial charge in [0.05, 0.1) is 19.8 Å². The summed E-state index contributed by atoms with van der Waals surface area (Å²) < 4.78 is 10.8. The van der Waals surface area contributed by atoms with Crippen molar-refractivity contribution in [2.24, 2.45) is 11.7 Å². The van der Waals surface area contributed by atoms with Crippen LogP contribution in [0.2, 0.25) is 0 Å². The summed E-state index contributed by atoms with van der Waals surface area (Å²) in [5.74, 6) is 1.19. The molecule has 1 rings (SSSR count). The molecule has 20 heavy (non-hydrogen) atoms. The Hall–Kier alpha value is -1.33. The summed E-state index contributed by atoms with van der Waals surface area (Å²) in [5, 5.41) is 3.47. The van der Waals surface area contributed by atoms with E-state index in [9.17, 15) is 0 Å². The molecule has 0 aliphatic rings. The summed E-state index contributed by atoms with van der Waals surface area (Å²) in [7, 11) is 1.64. The lowest BCUT2D eigenvalue weighted by Gasteiger charge is -2.25. The van der Waals surface area contributed by atoms with Gasteiger partial charge in [-0.3, -0.25) is 0 Å². The highest BCUT2D eigenvalue weighted by molar-refractivity contribution is 7.80. The van der Waals surface area contributed by atoms with Gasteiger partial charge >= 0.3 is 0 Å². The Labute approximate surface area is 126 Å². The number of ether oxygens (including phenoxy) is 2. The van der Waals surface area contributed by atoms with Crippen molar-refractivity contribution in [3.8, 4) is 5.75 Å². The van der Waals surface area contributed by atoms with Crippen molar-refractivity contribution in [3.05, 3.63) is 23.8 Å². The van der Waals surface area contributed by atoms with Crippen LogP contribution in [0.1, 0.15) is 26.3 Å². The zero-order valence-corrected chi connectivity index (χ0v) is 13.4. The first-order chi connectivity index (χ1) is 9.49. The highest BCUT2D eigenvalue weighted by Crippen LogP contribution is 2.24. The second-order valence-corrected chi connectivity index (χ2v) is 5.37. The third-order valence-electron chi connectivity index (χ3n) is 3.14. The van der Waals surface area contributed by atoms with Crippen LogP contribution in [0.4, 0.5) is 5.69 Å². The molecule has 1 aromatic carbocycles. The first-order valence-corrected chi connectivity index (χ1v) is 7.22. The van der Waals surface area contributed by atoms with E-state index in [1.54, 1.807) is 7.11 Å². The van der Waals surface area contributed by atoms with Crippen molar-refractivity contribution in [1.29, 1.82) is 0 Å². The molecule has 3 N–H and O–H groups in total. The van der Waals surface area contributed by atoms with E-state index in [0.717, 1.165) is 17.0 Å². The molecular formula is C15H24N2O2S. The number of nitrogens with two attached hydrogens (primary N) is 1. The quantitative estimate of drug-likeness (QED) is 0.722. The zero-order chi connectivity index (χ0) is 15.1. The average molecular weight is 296 g/mol. The molecule has 112 valence electrons. The molecule has 5 heteroatoms. The maximum Gasteiger partial charge on any atom is 0.120 e. The van der Waals surface area contributed by atoms with E-state index < -0.39 is 0 Å². The number of thiocarbonyl (C=S) groups is 1. The van der Waals surface area contributed by atoms with Crippen molar-refractivity contribution in [1.82, 2.24) is 0 Å². The number of nitrogens with one attached hydrogen (secondary N) is 1. The van der Waals surface area contributed by atoms with Gasteiger partial charge in [-0.25, -0.2) is 0 Å². The van der Waals surface area contributed by atoms with Gasteiger partial charge in [0, 0.05) is 23.9 Å². The number of methoxy groups -OCH3 is 1. The van der Waals surface area contributed by atoms with Crippen molar-refractivity contribution < 1.29 is 9.47 Å². The van der Waals surface area contributed by atoms with Crippen LogP contribution in [-0.2, 0) is 4.74 Å². The van der Waals surface area contributed by atoms with Gasteiger partial charge in [0.25, 0.3) is 0 Å². The van der Waals surface area contributed by atoms with Crippen LogP contribution in [0.5, 0.6) is 5.75 Å². The molecule has 0 amide bonds. The molecular weight excluding hydrogens is 272 g/mol. The molecule has 0 spiro atoms. The molecule has 1 unspecified atom stereocenters. The van der Waals surface area contributed by atoms with Crippen LogP contribution in [0, 0.1) is 5.92 Å². The Kier molecular flexibility index (Phi) is 6.75. The Morgan fingerprint density at radius 3 is 2.60 bits per heavy atom. The Morgan fingerprint density at radius 2 is 2.10 bits per heavy atom. The molecule has 0 radical (unpaired) electrons. The highest BCUT2D eigenvalue weighted by Gasteiger charge is 2.16. The fourth-order valence-electron chi connectivity index (χ4n) is 1.83. The van der Waals surface area contributed by atoms with Gasteiger partial charge in [-0.2, -0.15) is 0 Å². The molecule has 1 atom stereocenters. The highest BCUT2D eigenvalue weighted by atomic mass is 32.1. The lowest BCUT2D eigenvalue weighted by Crippen LogP contribution is -2.32. The van der Waals surface area contributed by atoms with Crippen LogP contribution in [0.3, 0.4) is 0 Å². The van der Waals surface area contributed by atoms with Crippen molar-refractivity contribution in [3.63, 3.8) is 0 Å². The van der Waals surface area contributed by atoms with Gasteiger partial charge in [0.2, 0.25) is 0 Å². The van der Waals surface area contributed by atoms with Gasteiger partial charge in [-0.15, -0.1) is 0 Å². The fourth-order valence-corrected chi connectivity index (χ4v) is 2.01. The summed E-state index contributed by atoms with van der Waals surface area (Å²) >= 11 is 5.10. The molecule has 0 aliphatic carbocycles. The minimum absolute atomic E-state index is 0.190. The molecule has 0 saturated carbocycles. The van der Waals surface area contributed by atoms with E-state index in [-0.39, 0.29) is 6.04 Å². The summed E-state index contributed by atoms with van der Waals surface area (Å²) in [6.07, 6.45) is 0. The monoisotopic (exact) mass is 296 g/mol. The first kappa shape index (κ1) is 16.7. The largest absolute Gasteiger partial charge is 0.497 e. The zero-order valence-electron chi connectivity index (χ0n) is 12.6. The van der Waals surface area contributed by atoms with Crippen molar-refractivity contribution >= 4 is 22.9 Å². The second-order valence-electron chi connectivity index (χ2n) is 4.93. The smallest absolute Gasteiger partial charge is 0.120 e. The minimum Gasteiger partial charge on any atom is -0.497 e. The average Bonchev–Trinajstić information content (AvgIpc) is 2.42. The predicted octanol–water partition coefficient (Wildman–Crippen LogP) is 2.80. The number of hydrogen-bond acceptors (Lipinski definition) is 4. The third kappa shape index (κ3) is 4.65. The minimum atomic E-state index is 0.190. The molecule has 1 aromatic rings. The normalized spacial score (nSPS) is 12.2. The molecule has 0 fully saturated rings. The second kappa shape index (κ2) is 8.07. The van der Waals surface area contributed by atoms with Gasteiger partial charge in [-0.05, 0) is 25.0 Å². The van der Waals surface area contributed by atoms with E-state index in [2.05, 4.69) is 19.2 Å². The number of rotatable bonds is 8. The summed E-state index contributed by atoms with van der Waals surface area (Å²) in [6.45, 7) is 7.63. The molecule has 0 saturated heterocycles. The van der Waals surface area contributed by atoms with E-state index in [1.165, 1.54) is 0 Å². The topological polar surface area (TPSA) is 56.5 Å². The van der Waals surface area contributed by atoms with Crippen LogP contribution < -0.4 is 15.8 Å². The third-order valence-corrected chi connectivity index (χ3v) is 3.36. The lowest BCUT2D eigenvalue weighted by atomic mass is 10.0. The van der Waals surface area contributed by atoms with Crippen LogP contribution in [-0.4, -0.2) is 31.4 Å². The summed E-state index contributed by atoms with van der Waals surface area (Å²) in [4.78, 5) is 0.370. The number of benzene rings is 1. The number of anilines is 1. The Morgan fingerprint density at radius 1 is 1.40 bits per heavy atom. The summed E-state index contributed by atoms with van der Waals surface area (Å²) in [5.41, 5.74) is 7.48. The Bertz CT molecular complexity index is 449. The SMILES string of the molecule is CCOCC(Nc1cc(OC)ccc1C(N)=S)C(C)C. The molecule has 0 heterocycles. The molecule has 0 bridgehead atoms. The lowest BCUT2D eigenvalue weighted by molar-refractivity contribution is 0.127. The van der Waals surface area contributed by atoms with Gasteiger partial charge in [0.15, 0.2) is 0 Å². The van der Waals surface area contributed by atoms with Crippen molar-refractivity contribution in [2.75, 3.05) is 25.6 Å². The van der Waals surface area contributed by atoms with Gasteiger partial charge in [0.1, 0.15) is 10.7 Å².